The van der Waals surface area contributed by atoms with Gasteiger partial charge >= 0.3 is 5.97 Å². The van der Waals surface area contributed by atoms with E-state index < -0.39 is 46.4 Å². The van der Waals surface area contributed by atoms with E-state index in [0.29, 0.717) is 0 Å². The summed E-state index contributed by atoms with van der Waals surface area (Å²) in [6.45, 7) is 6.84. The molecule has 0 amide bonds. The second kappa shape index (κ2) is 7.76. The van der Waals surface area contributed by atoms with Crippen molar-refractivity contribution in [3.8, 4) is 5.75 Å². The predicted molar refractivity (Wildman–Crippen MR) is 109 cm³/mol. The predicted octanol–water partition coefficient (Wildman–Crippen LogP) is 5.37. The Morgan fingerprint density at radius 3 is 2.32 bits per heavy atom. The van der Waals surface area contributed by atoms with Crippen molar-refractivity contribution in [1.29, 1.82) is 0 Å². The summed E-state index contributed by atoms with van der Waals surface area (Å²) < 4.78 is 43.9. The SMILES string of the molecule is Cc1c([C@H](CC(C)(C)C)C(=O)O)c2c(F)c(O)c(F)cc2n1C(=O)c1cccc(F)c1. The number of nitrogens with zero attached hydrogens (tertiary/aromatic N) is 1. The average Bonchev–Trinajstić information content (AvgIpc) is 2.94. The fraction of sp³-hybridized carbons (Fsp3) is 0.304. The van der Waals surface area contributed by atoms with Crippen LogP contribution in [0, 0.1) is 29.8 Å². The van der Waals surface area contributed by atoms with Gasteiger partial charge in [-0.05, 0) is 42.5 Å². The van der Waals surface area contributed by atoms with Crippen LogP contribution in [-0.4, -0.2) is 26.7 Å². The molecule has 0 bridgehead atoms. The van der Waals surface area contributed by atoms with Crippen LogP contribution in [0.2, 0.25) is 0 Å². The minimum Gasteiger partial charge on any atom is -0.503 e. The Balaban J connectivity index is 2.41. The van der Waals surface area contributed by atoms with E-state index in [-0.39, 0.29) is 34.1 Å². The molecule has 164 valence electrons. The number of rotatable bonds is 4. The molecule has 0 unspecified atom stereocenters. The highest BCUT2D eigenvalue weighted by Gasteiger charge is 2.35. The molecule has 31 heavy (non-hydrogen) atoms. The van der Waals surface area contributed by atoms with Gasteiger partial charge in [-0.15, -0.1) is 0 Å². The first-order valence-corrected chi connectivity index (χ1v) is 9.58. The highest BCUT2D eigenvalue weighted by Crippen LogP contribution is 2.42. The lowest BCUT2D eigenvalue weighted by Crippen LogP contribution is -2.21. The van der Waals surface area contributed by atoms with Crippen LogP contribution >= 0.6 is 0 Å². The minimum atomic E-state index is -1.35. The van der Waals surface area contributed by atoms with E-state index in [1.165, 1.54) is 19.1 Å². The monoisotopic (exact) mass is 433 g/mol. The molecule has 0 aliphatic rings. The first-order valence-electron chi connectivity index (χ1n) is 9.58. The lowest BCUT2D eigenvalue weighted by Gasteiger charge is -2.24. The number of carboxylic acids is 1. The van der Waals surface area contributed by atoms with Gasteiger partial charge in [-0.25, -0.2) is 13.2 Å². The van der Waals surface area contributed by atoms with Gasteiger partial charge in [0.05, 0.1) is 11.4 Å². The molecule has 5 nitrogen and oxygen atoms in total. The maximum Gasteiger partial charge on any atom is 0.311 e. The highest BCUT2D eigenvalue weighted by atomic mass is 19.1. The Bertz CT molecular complexity index is 1210. The van der Waals surface area contributed by atoms with Gasteiger partial charge in [0, 0.05) is 22.7 Å². The van der Waals surface area contributed by atoms with Gasteiger partial charge in [0.25, 0.3) is 5.91 Å². The van der Waals surface area contributed by atoms with Crippen LogP contribution < -0.4 is 0 Å². The zero-order chi connectivity index (χ0) is 23.2. The van der Waals surface area contributed by atoms with Crippen molar-refractivity contribution >= 4 is 22.8 Å². The van der Waals surface area contributed by atoms with Crippen LogP contribution in [0.15, 0.2) is 30.3 Å². The molecule has 1 aromatic heterocycles. The first-order chi connectivity index (χ1) is 14.3. The van der Waals surface area contributed by atoms with Crippen molar-refractivity contribution in [3.05, 3.63) is 64.6 Å². The van der Waals surface area contributed by atoms with Crippen LogP contribution in [0.5, 0.6) is 5.75 Å². The topological polar surface area (TPSA) is 79.5 Å². The fourth-order valence-corrected chi connectivity index (χ4v) is 3.87. The lowest BCUT2D eigenvalue weighted by molar-refractivity contribution is -0.139. The molecule has 0 saturated heterocycles. The van der Waals surface area contributed by atoms with Crippen molar-refractivity contribution in [3.63, 3.8) is 0 Å². The Labute approximate surface area is 176 Å². The van der Waals surface area contributed by atoms with E-state index in [1.807, 2.05) is 20.8 Å². The fourth-order valence-electron chi connectivity index (χ4n) is 3.87. The van der Waals surface area contributed by atoms with Crippen molar-refractivity contribution in [2.75, 3.05) is 0 Å². The molecule has 3 rings (SSSR count). The van der Waals surface area contributed by atoms with Crippen molar-refractivity contribution < 1.29 is 33.0 Å². The molecular weight excluding hydrogens is 411 g/mol. The quantitative estimate of drug-likeness (QED) is 0.580. The van der Waals surface area contributed by atoms with Crippen LogP contribution in [0.1, 0.15) is 54.7 Å². The Kier molecular flexibility index (Phi) is 5.60. The largest absolute Gasteiger partial charge is 0.503 e. The third-order valence-corrected chi connectivity index (χ3v) is 5.15. The third kappa shape index (κ3) is 4.02. The zero-order valence-corrected chi connectivity index (χ0v) is 17.5. The van der Waals surface area contributed by atoms with E-state index in [4.69, 9.17) is 0 Å². The summed E-state index contributed by atoms with van der Waals surface area (Å²) in [6, 6.07) is 5.55. The number of phenolic OH excluding ortho intramolecular Hbond substituents is 1. The number of carbonyl (C=O) groups is 2. The smallest absolute Gasteiger partial charge is 0.311 e. The molecule has 1 heterocycles. The van der Waals surface area contributed by atoms with E-state index in [9.17, 15) is 28.6 Å². The molecule has 0 spiro atoms. The molecular formula is C23H22F3NO4. The van der Waals surface area contributed by atoms with Gasteiger partial charge in [-0.1, -0.05) is 26.8 Å². The minimum absolute atomic E-state index is 0.0324. The van der Waals surface area contributed by atoms with Gasteiger partial charge in [0.2, 0.25) is 0 Å². The van der Waals surface area contributed by atoms with Crippen molar-refractivity contribution in [2.24, 2.45) is 5.41 Å². The molecule has 3 aromatic rings. The summed E-state index contributed by atoms with van der Waals surface area (Å²) in [5.41, 5.74) is -0.757. The number of hydrogen-bond acceptors (Lipinski definition) is 3. The Hall–Kier alpha value is -3.29. The summed E-state index contributed by atoms with van der Waals surface area (Å²) in [5, 5.41) is 19.4. The molecule has 0 aliphatic heterocycles. The molecule has 2 aromatic carbocycles. The third-order valence-electron chi connectivity index (χ3n) is 5.15. The van der Waals surface area contributed by atoms with Crippen molar-refractivity contribution in [2.45, 2.75) is 40.0 Å². The lowest BCUT2D eigenvalue weighted by atomic mass is 9.80. The summed E-state index contributed by atoms with van der Waals surface area (Å²) in [7, 11) is 0. The van der Waals surface area contributed by atoms with Crippen LogP contribution in [0.4, 0.5) is 13.2 Å². The summed E-state index contributed by atoms with van der Waals surface area (Å²) in [4.78, 5) is 25.3. The number of halogens is 3. The van der Waals surface area contributed by atoms with Gasteiger partial charge in [0.15, 0.2) is 17.4 Å². The Morgan fingerprint density at radius 2 is 1.77 bits per heavy atom. The van der Waals surface area contributed by atoms with Gasteiger partial charge in [0.1, 0.15) is 5.82 Å². The summed E-state index contributed by atoms with van der Waals surface area (Å²) >= 11 is 0. The normalized spacial score (nSPS) is 12.9. The standard InChI is InChI=1S/C23H22F3NO4/c1-11-17(14(22(30)31)10-23(2,3)4)18-16(9-15(25)20(28)19(18)26)27(11)21(29)12-6-5-7-13(24)8-12/h5-9,14,28H,10H2,1-4H3,(H,30,31)/t14-/m0/s1. The summed E-state index contributed by atoms with van der Waals surface area (Å²) in [6.07, 6.45) is 0.0913. The highest BCUT2D eigenvalue weighted by molar-refractivity contribution is 6.05. The number of aliphatic carboxylic acids is 1. The van der Waals surface area contributed by atoms with Crippen LogP contribution in [0.3, 0.4) is 0 Å². The number of aromatic nitrogens is 1. The molecule has 0 aliphatic carbocycles. The molecule has 0 fully saturated rings. The number of phenols is 1. The molecule has 1 atom stereocenters. The molecule has 8 heteroatoms. The number of carboxylic acid groups (broad SMARTS) is 1. The number of carbonyl (C=O) groups excluding carboxylic acids is 1. The van der Waals surface area contributed by atoms with E-state index in [1.54, 1.807) is 0 Å². The van der Waals surface area contributed by atoms with Gasteiger partial charge in [-0.2, -0.15) is 0 Å². The molecule has 2 N–H and O–H groups in total. The Morgan fingerprint density at radius 1 is 1.13 bits per heavy atom. The number of aromatic hydroxyl groups is 1. The second-order valence-corrected chi connectivity index (χ2v) is 8.72. The maximum atomic E-state index is 15.0. The van der Waals surface area contributed by atoms with Crippen LogP contribution in [0.25, 0.3) is 10.9 Å². The number of benzene rings is 2. The average molecular weight is 433 g/mol. The maximum absolute atomic E-state index is 15.0. The molecule has 0 saturated carbocycles. The van der Waals surface area contributed by atoms with Gasteiger partial charge in [-0.3, -0.25) is 14.2 Å². The van der Waals surface area contributed by atoms with Gasteiger partial charge < -0.3 is 10.2 Å². The van der Waals surface area contributed by atoms with Crippen molar-refractivity contribution in [1.82, 2.24) is 4.57 Å². The number of hydrogen-bond donors (Lipinski definition) is 2. The molecule has 0 radical (unpaired) electrons. The van der Waals surface area contributed by atoms with E-state index in [2.05, 4.69) is 0 Å². The number of fused-ring (bicyclic) bond motifs is 1. The second-order valence-electron chi connectivity index (χ2n) is 8.72. The van der Waals surface area contributed by atoms with E-state index >= 15 is 4.39 Å². The summed E-state index contributed by atoms with van der Waals surface area (Å²) in [5.74, 6) is -7.85. The zero-order valence-electron chi connectivity index (χ0n) is 17.5. The van der Waals surface area contributed by atoms with E-state index in [0.717, 1.165) is 22.8 Å². The van der Waals surface area contributed by atoms with Crippen LogP contribution in [-0.2, 0) is 4.79 Å². The first kappa shape index (κ1) is 22.4.